The van der Waals surface area contributed by atoms with Crippen molar-refractivity contribution in [3.05, 3.63) is 0 Å². The van der Waals surface area contributed by atoms with Crippen molar-refractivity contribution in [3.63, 3.8) is 0 Å². The molecule has 2 N–H and O–H groups in total. The summed E-state index contributed by atoms with van der Waals surface area (Å²) in [4.78, 5) is 22.0. The second kappa shape index (κ2) is 4.65. The first-order valence-electron chi connectivity index (χ1n) is 5.69. The molecule has 4 nitrogen and oxygen atoms in total. The van der Waals surface area contributed by atoms with Crippen LogP contribution >= 0.6 is 11.8 Å². The molecule has 5 heteroatoms. The van der Waals surface area contributed by atoms with Crippen molar-refractivity contribution in [2.24, 2.45) is 5.41 Å². The van der Waals surface area contributed by atoms with Crippen molar-refractivity contribution in [2.45, 2.75) is 38.1 Å². The smallest absolute Gasteiger partial charge is 0.303 e. The number of hydrogen-bond acceptors (Lipinski definition) is 3. The van der Waals surface area contributed by atoms with Crippen LogP contribution in [0.4, 0.5) is 0 Å². The fourth-order valence-electron chi connectivity index (χ4n) is 1.73. The third-order valence-electron chi connectivity index (χ3n) is 3.07. The number of hydrogen-bond donors (Lipinski definition) is 2. The molecule has 2 aliphatic rings. The van der Waals surface area contributed by atoms with Gasteiger partial charge in [-0.2, -0.15) is 11.8 Å². The van der Waals surface area contributed by atoms with Crippen molar-refractivity contribution < 1.29 is 14.7 Å². The summed E-state index contributed by atoms with van der Waals surface area (Å²) in [6.07, 6.45) is 4.47. The number of carbonyl (C=O) groups excluding carboxylic acids is 1. The van der Waals surface area contributed by atoms with Crippen LogP contribution in [0.5, 0.6) is 0 Å². The molecule has 0 atom stereocenters. The first kappa shape index (κ1) is 11.8. The van der Waals surface area contributed by atoms with E-state index in [1.165, 1.54) is 0 Å². The highest BCUT2D eigenvalue weighted by Crippen LogP contribution is 2.50. The normalized spacial score (nSPS) is 21.5. The summed E-state index contributed by atoms with van der Waals surface area (Å²) >= 11 is 1.57. The van der Waals surface area contributed by atoms with E-state index in [0.717, 1.165) is 31.4 Å². The first-order valence-corrected chi connectivity index (χ1v) is 6.84. The highest BCUT2D eigenvalue weighted by Gasteiger charge is 2.44. The average Bonchev–Trinajstić information content (AvgIpc) is 3.03. The molecule has 0 aromatic heterocycles. The molecular formula is C11H17NO3S. The molecule has 90 valence electrons. The number of nitrogens with one attached hydrogen (secondary N) is 1. The van der Waals surface area contributed by atoms with E-state index in [4.69, 9.17) is 5.11 Å². The number of rotatable bonds is 7. The minimum absolute atomic E-state index is 0.00361. The number of amides is 1. The maximum Gasteiger partial charge on any atom is 0.303 e. The van der Waals surface area contributed by atoms with Crippen LogP contribution in [0.25, 0.3) is 0 Å². The van der Waals surface area contributed by atoms with Gasteiger partial charge in [0.2, 0.25) is 5.91 Å². The SMILES string of the molecule is O=C(O)CC1(CSCC(=O)NC2CC2)CC1. The van der Waals surface area contributed by atoms with Gasteiger partial charge in [-0.05, 0) is 36.9 Å². The Kier molecular flexibility index (Phi) is 3.42. The van der Waals surface area contributed by atoms with Crippen LogP contribution in [0.2, 0.25) is 0 Å². The Morgan fingerprint density at radius 2 is 2.06 bits per heavy atom. The van der Waals surface area contributed by atoms with Crippen LogP contribution in [-0.4, -0.2) is 34.5 Å². The summed E-state index contributed by atoms with van der Waals surface area (Å²) in [5, 5.41) is 11.7. The molecule has 0 heterocycles. The monoisotopic (exact) mass is 243 g/mol. The van der Waals surface area contributed by atoms with Crippen LogP contribution in [0, 0.1) is 5.41 Å². The van der Waals surface area contributed by atoms with Crippen molar-refractivity contribution in [1.82, 2.24) is 5.32 Å². The van der Waals surface area contributed by atoms with Gasteiger partial charge in [-0.3, -0.25) is 9.59 Å². The maximum absolute atomic E-state index is 11.4. The third kappa shape index (κ3) is 3.70. The zero-order chi connectivity index (χ0) is 11.6. The van der Waals surface area contributed by atoms with Gasteiger partial charge in [0.25, 0.3) is 0 Å². The van der Waals surface area contributed by atoms with E-state index in [1.807, 2.05) is 0 Å². The second-order valence-electron chi connectivity index (χ2n) is 4.91. The summed E-state index contributed by atoms with van der Waals surface area (Å²) in [7, 11) is 0. The molecule has 0 bridgehead atoms. The molecule has 2 aliphatic carbocycles. The molecule has 0 radical (unpaired) electrons. The van der Waals surface area contributed by atoms with Gasteiger partial charge in [-0.1, -0.05) is 0 Å². The lowest BCUT2D eigenvalue weighted by Gasteiger charge is -2.11. The molecule has 2 rings (SSSR count). The number of thioether (sulfide) groups is 1. The number of carbonyl (C=O) groups is 2. The second-order valence-corrected chi connectivity index (χ2v) is 5.89. The van der Waals surface area contributed by atoms with Gasteiger partial charge in [-0.15, -0.1) is 0 Å². The molecule has 2 saturated carbocycles. The van der Waals surface area contributed by atoms with E-state index in [0.29, 0.717) is 11.8 Å². The van der Waals surface area contributed by atoms with Gasteiger partial charge >= 0.3 is 5.97 Å². The molecule has 0 aromatic carbocycles. The highest BCUT2D eigenvalue weighted by atomic mass is 32.2. The fourth-order valence-corrected chi connectivity index (χ4v) is 2.92. The number of carboxylic acids is 1. The van der Waals surface area contributed by atoms with E-state index in [2.05, 4.69) is 5.32 Å². The molecule has 0 aromatic rings. The minimum atomic E-state index is -0.722. The summed E-state index contributed by atoms with van der Waals surface area (Å²) < 4.78 is 0. The van der Waals surface area contributed by atoms with E-state index >= 15 is 0 Å². The summed E-state index contributed by atoms with van der Waals surface area (Å²) in [5.41, 5.74) is -0.00361. The van der Waals surface area contributed by atoms with Gasteiger partial charge in [-0.25, -0.2) is 0 Å². The highest BCUT2D eigenvalue weighted by molar-refractivity contribution is 7.99. The van der Waals surface area contributed by atoms with Gasteiger partial charge in [0.1, 0.15) is 0 Å². The molecule has 0 spiro atoms. The lowest BCUT2D eigenvalue weighted by atomic mass is 10.1. The van der Waals surface area contributed by atoms with E-state index < -0.39 is 5.97 Å². The Balaban J connectivity index is 1.59. The molecule has 0 unspecified atom stereocenters. The summed E-state index contributed by atoms with van der Waals surface area (Å²) in [5.74, 6) is 0.647. The zero-order valence-electron chi connectivity index (χ0n) is 9.20. The quantitative estimate of drug-likeness (QED) is 0.706. The fraction of sp³-hybridized carbons (Fsp3) is 0.818. The van der Waals surface area contributed by atoms with E-state index in [9.17, 15) is 9.59 Å². The maximum atomic E-state index is 11.4. The van der Waals surface area contributed by atoms with Crippen LogP contribution in [0.3, 0.4) is 0 Å². The van der Waals surface area contributed by atoms with Crippen molar-refractivity contribution in [3.8, 4) is 0 Å². The predicted octanol–water partition coefficient (Wildman–Crippen LogP) is 1.25. The zero-order valence-corrected chi connectivity index (χ0v) is 10.0. The van der Waals surface area contributed by atoms with Crippen molar-refractivity contribution in [2.75, 3.05) is 11.5 Å². The van der Waals surface area contributed by atoms with Crippen LogP contribution < -0.4 is 5.32 Å². The van der Waals surface area contributed by atoms with Gasteiger partial charge in [0.15, 0.2) is 0 Å². The molecule has 16 heavy (non-hydrogen) atoms. The number of aliphatic carboxylic acids is 1. The summed E-state index contributed by atoms with van der Waals surface area (Å²) in [6, 6.07) is 0.419. The molecule has 2 fully saturated rings. The Labute approximate surface area is 99.2 Å². The Morgan fingerprint density at radius 1 is 1.38 bits per heavy atom. The lowest BCUT2D eigenvalue weighted by Crippen LogP contribution is -2.27. The molecular weight excluding hydrogens is 226 g/mol. The van der Waals surface area contributed by atoms with Crippen LogP contribution in [0.15, 0.2) is 0 Å². The van der Waals surface area contributed by atoms with E-state index in [1.54, 1.807) is 11.8 Å². The Morgan fingerprint density at radius 3 is 2.56 bits per heavy atom. The average molecular weight is 243 g/mol. The Hall–Kier alpha value is -0.710. The predicted molar refractivity (Wildman–Crippen MR) is 62.4 cm³/mol. The minimum Gasteiger partial charge on any atom is -0.481 e. The van der Waals surface area contributed by atoms with E-state index in [-0.39, 0.29) is 17.7 Å². The van der Waals surface area contributed by atoms with Crippen LogP contribution in [-0.2, 0) is 9.59 Å². The molecule has 0 aliphatic heterocycles. The van der Waals surface area contributed by atoms with Gasteiger partial charge in [0.05, 0.1) is 12.2 Å². The lowest BCUT2D eigenvalue weighted by molar-refractivity contribution is -0.138. The number of carboxylic acid groups (broad SMARTS) is 1. The third-order valence-corrected chi connectivity index (χ3v) is 4.35. The standard InChI is InChI=1S/C11H17NO3S/c13-9(12-8-1-2-8)6-16-7-11(3-4-11)5-10(14)15/h8H,1-7H2,(H,12,13)(H,14,15). The Bertz CT molecular complexity index is 298. The van der Waals surface area contributed by atoms with Gasteiger partial charge < -0.3 is 10.4 Å². The molecule has 0 saturated heterocycles. The van der Waals surface area contributed by atoms with Crippen molar-refractivity contribution in [1.29, 1.82) is 0 Å². The topological polar surface area (TPSA) is 66.4 Å². The first-order chi connectivity index (χ1) is 7.60. The largest absolute Gasteiger partial charge is 0.481 e. The van der Waals surface area contributed by atoms with Crippen LogP contribution in [0.1, 0.15) is 32.1 Å². The molecule has 1 amide bonds. The summed E-state index contributed by atoms with van der Waals surface area (Å²) in [6.45, 7) is 0. The van der Waals surface area contributed by atoms with Gasteiger partial charge in [0, 0.05) is 6.04 Å². The van der Waals surface area contributed by atoms with Crippen molar-refractivity contribution >= 4 is 23.6 Å².